The van der Waals surface area contributed by atoms with E-state index in [0.717, 1.165) is 11.1 Å². The Bertz CT molecular complexity index is 1340. The molecule has 34 heavy (non-hydrogen) atoms. The Labute approximate surface area is 219 Å². The van der Waals surface area contributed by atoms with E-state index in [9.17, 15) is 4.79 Å². The van der Waals surface area contributed by atoms with Crippen LogP contribution < -0.4 is 10.1 Å². The Morgan fingerprint density at radius 1 is 1.15 bits per heavy atom. The summed E-state index contributed by atoms with van der Waals surface area (Å²) in [6.07, 6.45) is 0. The molecule has 4 aromatic rings. The summed E-state index contributed by atoms with van der Waals surface area (Å²) >= 11 is 20.8. The molecule has 4 rings (SSSR count). The van der Waals surface area contributed by atoms with E-state index in [-0.39, 0.29) is 18.3 Å². The molecule has 0 aliphatic carbocycles. The van der Waals surface area contributed by atoms with Gasteiger partial charge in [-0.05, 0) is 48.9 Å². The summed E-state index contributed by atoms with van der Waals surface area (Å²) in [5, 5.41) is 15.8. The highest BCUT2D eigenvalue weighted by atomic mass is 35.5. The minimum atomic E-state index is -0.203. The minimum absolute atomic E-state index is 0.153. The van der Waals surface area contributed by atoms with Crippen LogP contribution in [0.2, 0.25) is 15.1 Å². The summed E-state index contributed by atoms with van der Waals surface area (Å²) in [7, 11) is 1.83. The molecule has 2 heterocycles. The lowest BCUT2D eigenvalue weighted by atomic mass is 10.2. The number of aromatic nitrogens is 4. The van der Waals surface area contributed by atoms with E-state index in [2.05, 4.69) is 20.5 Å². The van der Waals surface area contributed by atoms with Crippen molar-refractivity contribution in [1.82, 2.24) is 19.7 Å². The maximum Gasteiger partial charge on any atom is 0.236 e. The van der Waals surface area contributed by atoms with Crippen molar-refractivity contribution in [2.75, 3.05) is 11.1 Å². The first kappa shape index (κ1) is 24.8. The van der Waals surface area contributed by atoms with E-state index >= 15 is 0 Å². The van der Waals surface area contributed by atoms with E-state index in [1.54, 1.807) is 34.9 Å². The number of ether oxygens (including phenoxy) is 1. The largest absolute Gasteiger partial charge is 0.486 e. The maximum absolute atomic E-state index is 12.4. The maximum atomic E-state index is 12.4. The molecule has 0 atom stereocenters. The quantitative estimate of drug-likeness (QED) is 0.250. The number of carbonyl (C=O) groups excluding carboxylic acids is 1. The molecule has 0 fully saturated rings. The number of halogens is 3. The van der Waals surface area contributed by atoms with Crippen LogP contribution >= 0.6 is 57.9 Å². The zero-order chi connectivity index (χ0) is 24.2. The Balaban J connectivity index is 1.31. The summed E-state index contributed by atoms with van der Waals surface area (Å²) < 4.78 is 7.58. The Morgan fingerprint density at radius 3 is 2.74 bits per heavy atom. The van der Waals surface area contributed by atoms with E-state index in [4.69, 9.17) is 39.5 Å². The van der Waals surface area contributed by atoms with Gasteiger partial charge in [0, 0.05) is 28.0 Å². The van der Waals surface area contributed by atoms with Gasteiger partial charge in [0.05, 0.1) is 16.5 Å². The standard InChI is InChI=1S/C22H18Cl3N5O2S2/c1-12-7-14(4-6-16(12)24)32-9-19-28-29-22(30(19)2)34-11-20(31)27-21-26-18(10-33-21)15-5-3-13(23)8-17(15)25/h3-8,10H,9,11H2,1-2H3,(H,26,27,31). The van der Waals surface area contributed by atoms with E-state index < -0.39 is 0 Å². The molecule has 1 amide bonds. The first-order chi connectivity index (χ1) is 16.3. The third-order valence-electron chi connectivity index (χ3n) is 4.71. The Morgan fingerprint density at radius 2 is 1.97 bits per heavy atom. The molecule has 0 bridgehead atoms. The average molecular weight is 555 g/mol. The SMILES string of the molecule is Cc1cc(OCc2nnc(SCC(=O)Nc3nc(-c4ccc(Cl)cc4Cl)cs3)n2C)ccc1Cl. The number of rotatable bonds is 8. The number of hydrogen-bond donors (Lipinski definition) is 1. The fraction of sp³-hybridized carbons (Fsp3) is 0.182. The Kier molecular flexibility index (Phi) is 8.00. The molecule has 7 nitrogen and oxygen atoms in total. The molecular weight excluding hydrogens is 537 g/mol. The van der Waals surface area contributed by atoms with Crippen LogP contribution in [-0.4, -0.2) is 31.4 Å². The minimum Gasteiger partial charge on any atom is -0.486 e. The second kappa shape index (κ2) is 11.0. The summed E-state index contributed by atoms with van der Waals surface area (Å²) in [6, 6.07) is 10.7. The van der Waals surface area contributed by atoms with Crippen LogP contribution in [0.3, 0.4) is 0 Å². The average Bonchev–Trinajstić information content (AvgIpc) is 3.39. The predicted octanol–water partition coefficient (Wildman–Crippen LogP) is 6.52. The second-order valence-electron chi connectivity index (χ2n) is 7.16. The van der Waals surface area contributed by atoms with Gasteiger partial charge >= 0.3 is 0 Å². The lowest BCUT2D eigenvalue weighted by molar-refractivity contribution is -0.113. The van der Waals surface area contributed by atoms with Crippen LogP contribution in [0.4, 0.5) is 5.13 Å². The van der Waals surface area contributed by atoms with Crippen molar-refractivity contribution in [3.8, 4) is 17.0 Å². The van der Waals surface area contributed by atoms with Crippen molar-refractivity contribution in [2.45, 2.75) is 18.7 Å². The van der Waals surface area contributed by atoms with Gasteiger partial charge in [0.1, 0.15) is 12.4 Å². The number of thioether (sulfide) groups is 1. The highest BCUT2D eigenvalue weighted by Crippen LogP contribution is 2.32. The van der Waals surface area contributed by atoms with Gasteiger partial charge in [-0.3, -0.25) is 4.79 Å². The molecule has 0 saturated heterocycles. The second-order valence-corrected chi connectivity index (χ2v) is 10.2. The number of anilines is 1. The number of hydrogen-bond acceptors (Lipinski definition) is 7. The zero-order valence-corrected chi connectivity index (χ0v) is 21.9. The molecule has 176 valence electrons. The summed E-state index contributed by atoms with van der Waals surface area (Å²) in [6.45, 7) is 2.16. The van der Waals surface area contributed by atoms with Gasteiger partial charge in [-0.15, -0.1) is 21.5 Å². The van der Waals surface area contributed by atoms with Crippen LogP contribution in [0, 0.1) is 6.92 Å². The van der Waals surface area contributed by atoms with Gasteiger partial charge in [-0.25, -0.2) is 4.98 Å². The predicted molar refractivity (Wildman–Crippen MR) is 138 cm³/mol. The zero-order valence-electron chi connectivity index (χ0n) is 18.0. The summed E-state index contributed by atoms with van der Waals surface area (Å²) in [4.78, 5) is 16.9. The molecule has 0 aliphatic rings. The highest BCUT2D eigenvalue weighted by Gasteiger charge is 2.14. The van der Waals surface area contributed by atoms with Crippen molar-refractivity contribution in [3.05, 3.63) is 68.2 Å². The Hall–Kier alpha value is -2.30. The normalized spacial score (nSPS) is 11.0. The van der Waals surface area contributed by atoms with Crippen LogP contribution in [-0.2, 0) is 18.4 Å². The number of nitrogens with one attached hydrogen (secondary N) is 1. The monoisotopic (exact) mass is 553 g/mol. The van der Waals surface area contributed by atoms with Crippen LogP contribution in [0.15, 0.2) is 46.9 Å². The van der Waals surface area contributed by atoms with Gasteiger partial charge in [-0.2, -0.15) is 0 Å². The molecular formula is C22H18Cl3N5O2S2. The molecule has 2 aromatic carbocycles. The van der Waals surface area contributed by atoms with Crippen molar-refractivity contribution < 1.29 is 9.53 Å². The molecule has 2 aromatic heterocycles. The van der Waals surface area contributed by atoms with Crippen molar-refractivity contribution >= 4 is 68.9 Å². The van der Waals surface area contributed by atoms with E-state index in [0.29, 0.717) is 42.6 Å². The molecule has 1 N–H and O–H groups in total. The molecule has 12 heteroatoms. The first-order valence-electron chi connectivity index (χ1n) is 9.91. The number of carbonyl (C=O) groups is 1. The van der Waals surface area contributed by atoms with Crippen LogP contribution in [0.25, 0.3) is 11.3 Å². The number of amides is 1. The highest BCUT2D eigenvalue weighted by molar-refractivity contribution is 7.99. The van der Waals surface area contributed by atoms with Crippen molar-refractivity contribution in [3.63, 3.8) is 0 Å². The van der Waals surface area contributed by atoms with Gasteiger partial charge in [0.2, 0.25) is 5.91 Å². The van der Waals surface area contributed by atoms with Crippen LogP contribution in [0.5, 0.6) is 5.75 Å². The topological polar surface area (TPSA) is 81.9 Å². The molecule has 0 aliphatic heterocycles. The fourth-order valence-electron chi connectivity index (χ4n) is 2.89. The van der Waals surface area contributed by atoms with Gasteiger partial charge in [0.15, 0.2) is 16.1 Å². The molecule has 0 saturated carbocycles. The number of aryl methyl sites for hydroxylation is 1. The third-order valence-corrected chi connectivity index (χ3v) is 7.46. The van der Waals surface area contributed by atoms with E-state index in [1.807, 2.05) is 25.4 Å². The van der Waals surface area contributed by atoms with Gasteiger partial charge in [0.25, 0.3) is 0 Å². The van der Waals surface area contributed by atoms with Crippen LogP contribution in [0.1, 0.15) is 11.4 Å². The molecule has 0 spiro atoms. The van der Waals surface area contributed by atoms with Crippen molar-refractivity contribution in [2.24, 2.45) is 7.05 Å². The van der Waals surface area contributed by atoms with Gasteiger partial charge in [-0.1, -0.05) is 46.6 Å². The lowest BCUT2D eigenvalue weighted by Crippen LogP contribution is -2.14. The fourth-order valence-corrected chi connectivity index (χ4v) is 4.97. The number of nitrogens with zero attached hydrogens (tertiary/aromatic N) is 4. The molecule has 0 radical (unpaired) electrons. The summed E-state index contributed by atoms with van der Waals surface area (Å²) in [5.74, 6) is 1.28. The van der Waals surface area contributed by atoms with Gasteiger partial charge < -0.3 is 14.6 Å². The smallest absolute Gasteiger partial charge is 0.236 e. The van der Waals surface area contributed by atoms with Crippen molar-refractivity contribution in [1.29, 1.82) is 0 Å². The molecule has 0 unspecified atom stereocenters. The summed E-state index contributed by atoms with van der Waals surface area (Å²) in [5.41, 5.74) is 2.35. The third kappa shape index (κ3) is 6.03. The lowest BCUT2D eigenvalue weighted by Gasteiger charge is -2.08. The first-order valence-corrected chi connectivity index (χ1v) is 12.9. The number of benzene rings is 2. The number of thiazole rings is 1. The van der Waals surface area contributed by atoms with E-state index in [1.165, 1.54) is 23.1 Å².